The zero-order chi connectivity index (χ0) is 14.8. The van der Waals surface area contributed by atoms with Gasteiger partial charge in [0.05, 0.1) is 12.4 Å². The second kappa shape index (κ2) is 5.98. The molecule has 21 heavy (non-hydrogen) atoms. The average molecular weight is 287 g/mol. The number of hydrogen-bond acceptors (Lipinski definition) is 2. The molecular weight excluding hydrogens is 265 g/mol. The molecule has 2 unspecified atom stereocenters. The quantitative estimate of drug-likeness (QED) is 0.937. The van der Waals surface area contributed by atoms with Crippen LogP contribution in [0.2, 0.25) is 0 Å². The maximum absolute atomic E-state index is 13.8. The maximum Gasteiger partial charge on any atom is 0.126 e. The molecule has 4 heteroatoms. The third-order valence-corrected chi connectivity index (χ3v) is 4.51. The van der Waals surface area contributed by atoms with Gasteiger partial charge in [-0.3, -0.25) is 0 Å². The van der Waals surface area contributed by atoms with Crippen molar-refractivity contribution in [2.75, 3.05) is 13.1 Å². The van der Waals surface area contributed by atoms with Gasteiger partial charge < -0.3 is 9.88 Å². The van der Waals surface area contributed by atoms with Gasteiger partial charge in [0.15, 0.2) is 0 Å². The molecule has 0 radical (unpaired) electrons. The number of piperidine rings is 1. The first-order valence-electron chi connectivity index (χ1n) is 7.65. The summed E-state index contributed by atoms with van der Waals surface area (Å²) < 4.78 is 16.0. The molecule has 0 spiro atoms. The number of rotatable bonds is 3. The summed E-state index contributed by atoms with van der Waals surface area (Å²) >= 11 is 0. The molecule has 0 amide bonds. The Morgan fingerprint density at radius 1 is 1.43 bits per heavy atom. The number of hydrogen-bond donors (Lipinski definition) is 1. The van der Waals surface area contributed by atoms with Crippen LogP contribution in [0.1, 0.15) is 48.5 Å². The standard InChI is InChI=1S/C17H22FN3/c1-12-5-6-14(8-16(12)18)13(2)21-11-20-10-17(21)15-4-3-7-19-9-15/h5-6,8,10-11,13,15,19H,3-4,7,9H2,1-2H3. The van der Waals surface area contributed by atoms with Crippen molar-refractivity contribution < 1.29 is 4.39 Å². The Kier molecular flexibility index (Phi) is 4.06. The summed E-state index contributed by atoms with van der Waals surface area (Å²) in [6.45, 7) is 6.00. The number of imidazole rings is 1. The van der Waals surface area contributed by atoms with E-state index in [-0.39, 0.29) is 11.9 Å². The predicted molar refractivity (Wildman–Crippen MR) is 82.0 cm³/mol. The van der Waals surface area contributed by atoms with Gasteiger partial charge in [0.1, 0.15) is 5.82 Å². The van der Waals surface area contributed by atoms with Crippen LogP contribution < -0.4 is 5.32 Å². The number of halogens is 1. The molecule has 2 aromatic rings. The highest BCUT2D eigenvalue weighted by atomic mass is 19.1. The topological polar surface area (TPSA) is 29.9 Å². The molecule has 1 aliphatic heterocycles. The predicted octanol–water partition coefficient (Wildman–Crippen LogP) is 3.41. The van der Waals surface area contributed by atoms with Gasteiger partial charge in [-0.25, -0.2) is 9.37 Å². The van der Waals surface area contributed by atoms with E-state index in [1.807, 2.05) is 24.7 Å². The van der Waals surface area contributed by atoms with E-state index in [1.165, 1.54) is 18.5 Å². The van der Waals surface area contributed by atoms with Crippen LogP contribution in [0.15, 0.2) is 30.7 Å². The SMILES string of the molecule is Cc1ccc(C(C)n2cncc2C2CCCNC2)cc1F. The lowest BCUT2D eigenvalue weighted by Gasteiger charge is -2.26. The fraction of sp³-hybridized carbons (Fsp3) is 0.471. The van der Waals surface area contributed by atoms with E-state index in [0.29, 0.717) is 11.5 Å². The Hall–Kier alpha value is -1.68. The van der Waals surface area contributed by atoms with Gasteiger partial charge in [-0.05, 0) is 50.4 Å². The van der Waals surface area contributed by atoms with E-state index < -0.39 is 0 Å². The Morgan fingerprint density at radius 2 is 2.29 bits per heavy atom. The average Bonchev–Trinajstić information content (AvgIpc) is 2.99. The second-order valence-electron chi connectivity index (χ2n) is 5.95. The van der Waals surface area contributed by atoms with Crippen molar-refractivity contribution in [3.8, 4) is 0 Å². The first-order chi connectivity index (χ1) is 10.2. The molecular formula is C17H22FN3. The van der Waals surface area contributed by atoms with Gasteiger partial charge in [0, 0.05) is 24.4 Å². The molecule has 2 heterocycles. The molecule has 1 fully saturated rings. The van der Waals surface area contributed by atoms with E-state index in [4.69, 9.17) is 0 Å². The largest absolute Gasteiger partial charge is 0.327 e. The first-order valence-corrected chi connectivity index (χ1v) is 7.65. The second-order valence-corrected chi connectivity index (χ2v) is 5.95. The highest BCUT2D eigenvalue weighted by Gasteiger charge is 2.21. The Labute approximate surface area is 125 Å². The smallest absolute Gasteiger partial charge is 0.126 e. The zero-order valence-corrected chi connectivity index (χ0v) is 12.6. The van der Waals surface area contributed by atoms with Crippen molar-refractivity contribution in [2.24, 2.45) is 0 Å². The van der Waals surface area contributed by atoms with Crippen LogP contribution in [-0.4, -0.2) is 22.6 Å². The zero-order valence-electron chi connectivity index (χ0n) is 12.6. The van der Waals surface area contributed by atoms with Crippen molar-refractivity contribution in [3.63, 3.8) is 0 Å². The summed E-state index contributed by atoms with van der Waals surface area (Å²) in [4.78, 5) is 4.33. The van der Waals surface area contributed by atoms with Crippen LogP contribution in [-0.2, 0) is 0 Å². The van der Waals surface area contributed by atoms with Gasteiger partial charge in [-0.15, -0.1) is 0 Å². The summed E-state index contributed by atoms with van der Waals surface area (Å²) in [5.74, 6) is 0.361. The summed E-state index contributed by atoms with van der Waals surface area (Å²) in [7, 11) is 0. The third kappa shape index (κ3) is 2.86. The Bertz CT molecular complexity index is 614. The van der Waals surface area contributed by atoms with Gasteiger partial charge in [0.2, 0.25) is 0 Å². The number of benzene rings is 1. The summed E-state index contributed by atoms with van der Waals surface area (Å²) in [5, 5.41) is 3.44. The molecule has 2 atom stereocenters. The minimum atomic E-state index is -0.139. The Balaban J connectivity index is 1.89. The van der Waals surface area contributed by atoms with Gasteiger partial charge in [-0.2, -0.15) is 0 Å². The molecule has 1 N–H and O–H groups in total. The van der Waals surface area contributed by atoms with Crippen molar-refractivity contribution >= 4 is 0 Å². The molecule has 1 aromatic carbocycles. The van der Waals surface area contributed by atoms with E-state index in [9.17, 15) is 4.39 Å². The molecule has 112 valence electrons. The lowest BCUT2D eigenvalue weighted by molar-refractivity contribution is 0.435. The number of nitrogens with zero attached hydrogens (tertiary/aromatic N) is 2. The highest BCUT2D eigenvalue weighted by Crippen LogP contribution is 2.28. The molecule has 0 saturated carbocycles. The summed E-state index contributed by atoms with van der Waals surface area (Å²) in [5.41, 5.74) is 2.92. The van der Waals surface area contributed by atoms with Crippen LogP contribution in [0.5, 0.6) is 0 Å². The van der Waals surface area contributed by atoms with Crippen LogP contribution in [0, 0.1) is 12.7 Å². The number of aromatic nitrogens is 2. The number of aryl methyl sites for hydroxylation is 1. The minimum absolute atomic E-state index is 0.0968. The fourth-order valence-corrected chi connectivity index (χ4v) is 3.09. The van der Waals surface area contributed by atoms with Crippen molar-refractivity contribution in [1.82, 2.24) is 14.9 Å². The van der Waals surface area contributed by atoms with Gasteiger partial charge in [-0.1, -0.05) is 12.1 Å². The minimum Gasteiger partial charge on any atom is -0.327 e. The van der Waals surface area contributed by atoms with E-state index in [0.717, 1.165) is 18.7 Å². The van der Waals surface area contributed by atoms with Crippen molar-refractivity contribution in [1.29, 1.82) is 0 Å². The van der Waals surface area contributed by atoms with Gasteiger partial charge in [0.25, 0.3) is 0 Å². The highest BCUT2D eigenvalue weighted by molar-refractivity contribution is 5.27. The summed E-state index contributed by atoms with van der Waals surface area (Å²) in [6, 6.07) is 5.59. The van der Waals surface area contributed by atoms with Crippen molar-refractivity contribution in [2.45, 2.75) is 38.6 Å². The van der Waals surface area contributed by atoms with E-state index >= 15 is 0 Å². The lowest BCUT2D eigenvalue weighted by atomic mass is 9.95. The maximum atomic E-state index is 13.8. The third-order valence-electron chi connectivity index (χ3n) is 4.51. The number of nitrogens with one attached hydrogen (secondary N) is 1. The molecule has 0 aliphatic carbocycles. The van der Waals surface area contributed by atoms with E-state index in [1.54, 1.807) is 13.0 Å². The fourth-order valence-electron chi connectivity index (χ4n) is 3.09. The van der Waals surface area contributed by atoms with E-state index in [2.05, 4.69) is 21.8 Å². The Morgan fingerprint density at radius 3 is 3.00 bits per heavy atom. The normalized spacial score (nSPS) is 20.4. The van der Waals surface area contributed by atoms with Crippen LogP contribution in [0.3, 0.4) is 0 Å². The monoisotopic (exact) mass is 287 g/mol. The van der Waals surface area contributed by atoms with Gasteiger partial charge >= 0.3 is 0 Å². The molecule has 1 saturated heterocycles. The molecule has 1 aliphatic rings. The lowest BCUT2D eigenvalue weighted by Crippen LogP contribution is -2.30. The molecule has 0 bridgehead atoms. The van der Waals surface area contributed by atoms with Crippen molar-refractivity contribution in [3.05, 3.63) is 53.4 Å². The molecule has 3 nitrogen and oxygen atoms in total. The summed E-state index contributed by atoms with van der Waals surface area (Å²) in [6.07, 6.45) is 6.21. The molecule has 1 aromatic heterocycles. The first kappa shape index (κ1) is 14.3. The van der Waals surface area contributed by atoms with Crippen LogP contribution in [0.4, 0.5) is 4.39 Å². The van der Waals surface area contributed by atoms with Crippen LogP contribution >= 0.6 is 0 Å². The van der Waals surface area contributed by atoms with Crippen LogP contribution in [0.25, 0.3) is 0 Å². The molecule has 3 rings (SSSR count).